The maximum Gasteiger partial charge on any atom is 0.339 e. The first kappa shape index (κ1) is 18.2. The molecule has 2 aromatic carbocycles. The summed E-state index contributed by atoms with van der Waals surface area (Å²) < 4.78 is 34.7. The molecule has 0 heterocycles. The van der Waals surface area contributed by atoms with Gasteiger partial charge in [0.2, 0.25) is 5.91 Å². The molecule has 0 aliphatic carbocycles. The molecule has 1 N–H and O–H groups in total. The molecule has 9 nitrogen and oxygen atoms in total. The van der Waals surface area contributed by atoms with Crippen LogP contribution in [-0.2, 0) is 14.9 Å². The number of carbonyl (C=O) groups is 1. The molecule has 0 saturated heterocycles. The van der Waals surface area contributed by atoms with Crippen molar-refractivity contribution in [1.82, 2.24) is 0 Å². The van der Waals surface area contributed by atoms with Gasteiger partial charge in [-0.25, -0.2) is 0 Å². The minimum Gasteiger partial charge on any atom is -0.490 e. The Morgan fingerprint density at radius 3 is 2.44 bits per heavy atom. The van der Waals surface area contributed by atoms with Crippen LogP contribution in [0.1, 0.15) is 6.92 Å². The molecule has 0 aromatic heterocycles. The van der Waals surface area contributed by atoms with E-state index in [9.17, 15) is 23.3 Å². The van der Waals surface area contributed by atoms with E-state index in [0.717, 1.165) is 18.2 Å². The van der Waals surface area contributed by atoms with Crippen molar-refractivity contribution in [2.24, 2.45) is 0 Å². The molecule has 132 valence electrons. The van der Waals surface area contributed by atoms with Gasteiger partial charge in [0.15, 0.2) is 11.5 Å². The van der Waals surface area contributed by atoms with Crippen molar-refractivity contribution in [3.63, 3.8) is 0 Å². The molecule has 2 aromatic rings. The molecule has 1 amide bonds. The third-order valence-corrected chi connectivity index (χ3v) is 4.26. The molecule has 0 bridgehead atoms. The Morgan fingerprint density at radius 1 is 1.16 bits per heavy atom. The van der Waals surface area contributed by atoms with E-state index in [-0.39, 0.29) is 17.2 Å². The van der Waals surface area contributed by atoms with Gasteiger partial charge in [-0.1, -0.05) is 12.1 Å². The third-order valence-electron chi connectivity index (χ3n) is 3.03. The Morgan fingerprint density at radius 2 is 1.84 bits per heavy atom. The number of rotatable bonds is 6. The second kappa shape index (κ2) is 7.18. The molecule has 2 rings (SSSR count). The summed E-state index contributed by atoms with van der Waals surface area (Å²) in [5, 5.41) is 13.5. The summed E-state index contributed by atoms with van der Waals surface area (Å²) in [5.41, 5.74) is -0.357. The lowest BCUT2D eigenvalue weighted by molar-refractivity contribution is -0.386. The zero-order valence-corrected chi connectivity index (χ0v) is 14.1. The standard InChI is InChI=1S/C15H14N2O7S/c1-10(18)16-12-5-3-4-6-14(12)24-25(21,22)11-7-8-15(23-2)13(9-11)17(19)20/h3-9H,1-2H3,(H,16,18). The highest BCUT2D eigenvalue weighted by atomic mass is 32.2. The molecule has 0 unspecified atom stereocenters. The number of nitrogens with one attached hydrogen (secondary N) is 1. The Bertz CT molecular complexity index is 925. The number of amides is 1. The number of carbonyl (C=O) groups excluding carboxylic acids is 1. The number of nitrogens with zero attached hydrogens (tertiary/aromatic N) is 1. The quantitative estimate of drug-likeness (QED) is 0.472. The van der Waals surface area contributed by atoms with Crippen LogP contribution < -0.4 is 14.2 Å². The fourth-order valence-electron chi connectivity index (χ4n) is 1.97. The highest BCUT2D eigenvalue weighted by Crippen LogP contribution is 2.32. The molecule has 10 heteroatoms. The van der Waals surface area contributed by atoms with Crippen molar-refractivity contribution in [2.45, 2.75) is 11.8 Å². The fraction of sp³-hybridized carbons (Fsp3) is 0.133. The molecule has 0 atom stereocenters. The second-order valence-electron chi connectivity index (χ2n) is 4.81. The molecule has 0 saturated carbocycles. The first-order chi connectivity index (χ1) is 11.7. The molecule has 25 heavy (non-hydrogen) atoms. The summed E-state index contributed by atoms with van der Waals surface area (Å²) in [7, 11) is -3.13. The molecule has 0 aliphatic heterocycles. The number of para-hydroxylation sites is 2. The van der Waals surface area contributed by atoms with Crippen LogP contribution in [0.5, 0.6) is 11.5 Å². The summed E-state index contributed by atoms with van der Waals surface area (Å²) in [6.07, 6.45) is 0. The zero-order chi connectivity index (χ0) is 18.6. The van der Waals surface area contributed by atoms with Crippen LogP contribution in [0.3, 0.4) is 0 Å². The van der Waals surface area contributed by atoms with Crippen molar-refractivity contribution >= 4 is 27.4 Å². The highest BCUT2D eigenvalue weighted by Gasteiger charge is 2.24. The Kier molecular flexibility index (Phi) is 5.22. The van der Waals surface area contributed by atoms with Crippen molar-refractivity contribution in [3.8, 4) is 11.5 Å². The minimum atomic E-state index is -4.36. The van der Waals surface area contributed by atoms with Gasteiger partial charge in [-0.05, 0) is 24.3 Å². The first-order valence-corrected chi connectivity index (χ1v) is 8.29. The van der Waals surface area contributed by atoms with E-state index in [1.807, 2.05) is 0 Å². The normalized spacial score (nSPS) is 10.8. The molecular formula is C15H14N2O7S. The summed E-state index contributed by atoms with van der Waals surface area (Å²) in [4.78, 5) is 21.0. The van der Waals surface area contributed by atoms with Crippen molar-refractivity contribution in [3.05, 3.63) is 52.6 Å². The van der Waals surface area contributed by atoms with E-state index >= 15 is 0 Å². The van der Waals surface area contributed by atoms with Crippen LogP contribution in [0.15, 0.2) is 47.4 Å². The van der Waals surface area contributed by atoms with Gasteiger partial charge in [0.05, 0.1) is 17.7 Å². The predicted molar refractivity (Wildman–Crippen MR) is 88.2 cm³/mol. The lowest BCUT2D eigenvalue weighted by atomic mass is 10.3. The molecular weight excluding hydrogens is 352 g/mol. The van der Waals surface area contributed by atoms with E-state index in [1.54, 1.807) is 6.07 Å². The number of benzene rings is 2. The largest absolute Gasteiger partial charge is 0.490 e. The van der Waals surface area contributed by atoms with Crippen molar-refractivity contribution in [1.29, 1.82) is 0 Å². The summed E-state index contributed by atoms with van der Waals surface area (Å²) in [6.45, 7) is 1.26. The summed E-state index contributed by atoms with van der Waals surface area (Å²) >= 11 is 0. The Labute approximate surface area is 143 Å². The van der Waals surface area contributed by atoms with Crippen LogP contribution in [0.4, 0.5) is 11.4 Å². The predicted octanol–water partition coefficient (Wildman–Crippen LogP) is 2.33. The van der Waals surface area contributed by atoms with Gasteiger partial charge in [0.1, 0.15) is 4.90 Å². The molecule has 0 radical (unpaired) electrons. The number of hydrogen-bond acceptors (Lipinski definition) is 7. The van der Waals surface area contributed by atoms with Crippen LogP contribution >= 0.6 is 0 Å². The van der Waals surface area contributed by atoms with Gasteiger partial charge in [-0.2, -0.15) is 8.42 Å². The van der Waals surface area contributed by atoms with E-state index < -0.39 is 31.5 Å². The van der Waals surface area contributed by atoms with Crippen molar-refractivity contribution < 1.29 is 27.1 Å². The second-order valence-corrected chi connectivity index (χ2v) is 6.35. The lowest BCUT2D eigenvalue weighted by Crippen LogP contribution is -2.13. The molecule has 0 fully saturated rings. The minimum absolute atomic E-state index is 0.0809. The van der Waals surface area contributed by atoms with Gasteiger partial charge < -0.3 is 14.2 Å². The Balaban J connectivity index is 2.42. The monoisotopic (exact) mass is 366 g/mol. The number of methoxy groups -OCH3 is 1. The van der Waals surface area contributed by atoms with E-state index in [1.165, 1.54) is 32.2 Å². The smallest absolute Gasteiger partial charge is 0.339 e. The third kappa shape index (κ3) is 4.23. The topological polar surface area (TPSA) is 125 Å². The average Bonchev–Trinajstić information content (AvgIpc) is 2.55. The van der Waals surface area contributed by atoms with Crippen LogP contribution in [0, 0.1) is 10.1 Å². The molecule has 0 aliphatic rings. The maximum absolute atomic E-state index is 12.4. The van der Waals surface area contributed by atoms with Gasteiger partial charge in [0.25, 0.3) is 0 Å². The average molecular weight is 366 g/mol. The number of anilines is 1. The maximum atomic E-state index is 12.4. The van der Waals surface area contributed by atoms with E-state index in [4.69, 9.17) is 8.92 Å². The van der Waals surface area contributed by atoms with E-state index in [2.05, 4.69) is 5.32 Å². The van der Waals surface area contributed by atoms with Crippen LogP contribution in [-0.4, -0.2) is 26.4 Å². The van der Waals surface area contributed by atoms with Crippen molar-refractivity contribution in [2.75, 3.05) is 12.4 Å². The fourth-order valence-corrected chi connectivity index (χ4v) is 2.94. The summed E-state index contributed by atoms with van der Waals surface area (Å²) in [5.74, 6) is -0.604. The number of nitro benzene ring substituents is 1. The first-order valence-electron chi connectivity index (χ1n) is 6.88. The lowest BCUT2D eigenvalue weighted by Gasteiger charge is -2.12. The van der Waals surface area contributed by atoms with Gasteiger partial charge >= 0.3 is 15.8 Å². The van der Waals surface area contributed by atoms with Crippen LogP contribution in [0.2, 0.25) is 0 Å². The summed E-state index contributed by atoms with van der Waals surface area (Å²) in [6, 6.07) is 9.05. The Hall–Kier alpha value is -3.14. The number of ether oxygens (including phenoxy) is 1. The molecule has 0 spiro atoms. The number of nitro groups is 1. The highest BCUT2D eigenvalue weighted by molar-refractivity contribution is 7.87. The van der Waals surface area contributed by atoms with Gasteiger partial charge in [-0.3, -0.25) is 14.9 Å². The zero-order valence-electron chi connectivity index (χ0n) is 13.3. The van der Waals surface area contributed by atoms with Crippen LogP contribution in [0.25, 0.3) is 0 Å². The van der Waals surface area contributed by atoms with Gasteiger partial charge in [0, 0.05) is 13.0 Å². The van der Waals surface area contributed by atoms with Gasteiger partial charge in [-0.15, -0.1) is 0 Å². The SMILES string of the molecule is COc1ccc(S(=O)(=O)Oc2ccccc2NC(C)=O)cc1[N+](=O)[O-]. The number of hydrogen-bond donors (Lipinski definition) is 1. The van der Waals surface area contributed by atoms with E-state index in [0.29, 0.717) is 0 Å².